The largest absolute Gasteiger partial charge is 0.383 e. The van der Waals surface area contributed by atoms with Crippen molar-refractivity contribution in [2.45, 2.75) is 0 Å². The quantitative estimate of drug-likeness (QED) is 0.616. The maximum absolute atomic E-state index is 14.3. The first-order valence-electron chi connectivity index (χ1n) is 7.57. The van der Waals surface area contributed by atoms with E-state index in [-0.39, 0.29) is 5.82 Å². The number of hydrogen-bond acceptors (Lipinski definition) is 3. The van der Waals surface area contributed by atoms with Gasteiger partial charge in [0.15, 0.2) is 0 Å². The van der Waals surface area contributed by atoms with Crippen LogP contribution in [0.1, 0.15) is 0 Å². The number of benzene rings is 2. The van der Waals surface area contributed by atoms with Crippen LogP contribution < -0.4 is 5.73 Å². The molecule has 4 rings (SSSR count). The van der Waals surface area contributed by atoms with Crippen molar-refractivity contribution in [1.29, 1.82) is 0 Å². The standard InChI is InChI=1S/C18H16FN5/c1-23-14-10-6-5-9-13(14)21-18(23)15-16(22-24(2)17(15)20)11-7-3-4-8-12(11)19/h3-10H,20H2,1-2H3. The van der Waals surface area contributed by atoms with Gasteiger partial charge in [-0.2, -0.15) is 5.10 Å². The average Bonchev–Trinajstić information content (AvgIpc) is 3.06. The van der Waals surface area contributed by atoms with Gasteiger partial charge in [0.1, 0.15) is 23.2 Å². The van der Waals surface area contributed by atoms with E-state index in [0.717, 1.165) is 11.0 Å². The predicted molar refractivity (Wildman–Crippen MR) is 92.7 cm³/mol. The van der Waals surface area contributed by atoms with Crippen LogP contribution in [0.3, 0.4) is 0 Å². The second-order valence-corrected chi connectivity index (χ2v) is 5.70. The minimum atomic E-state index is -0.337. The number of halogens is 1. The van der Waals surface area contributed by atoms with Gasteiger partial charge in [0.2, 0.25) is 0 Å². The number of aryl methyl sites for hydroxylation is 2. The van der Waals surface area contributed by atoms with Crippen LogP contribution in [0.4, 0.5) is 10.2 Å². The van der Waals surface area contributed by atoms with Gasteiger partial charge in [-0.15, -0.1) is 0 Å². The van der Waals surface area contributed by atoms with Crippen LogP contribution in [0.25, 0.3) is 33.7 Å². The molecule has 0 atom stereocenters. The second kappa shape index (κ2) is 5.19. The summed E-state index contributed by atoms with van der Waals surface area (Å²) in [5, 5.41) is 4.43. The summed E-state index contributed by atoms with van der Waals surface area (Å²) in [6.07, 6.45) is 0. The monoisotopic (exact) mass is 321 g/mol. The molecular weight excluding hydrogens is 305 g/mol. The number of fused-ring (bicyclic) bond motifs is 1. The normalized spacial score (nSPS) is 11.3. The van der Waals surface area contributed by atoms with Gasteiger partial charge < -0.3 is 10.3 Å². The predicted octanol–water partition coefficient (Wildman–Crippen LogP) is 3.36. The Labute approximate surface area is 138 Å². The van der Waals surface area contributed by atoms with E-state index in [1.807, 2.05) is 35.9 Å². The highest BCUT2D eigenvalue weighted by Gasteiger charge is 2.23. The van der Waals surface area contributed by atoms with E-state index in [0.29, 0.717) is 28.5 Å². The van der Waals surface area contributed by atoms with Crippen LogP contribution in [0.15, 0.2) is 48.5 Å². The lowest BCUT2D eigenvalue weighted by Gasteiger charge is -2.05. The lowest BCUT2D eigenvalue weighted by Crippen LogP contribution is -2.00. The number of nitrogens with zero attached hydrogens (tertiary/aromatic N) is 4. The molecule has 0 saturated heterocycles. The molecule has 0 bridgehead atoms. The Morgan fingerprint density at radius 2 is 1.71 bits per heavy atom. The van der Waals surface area contributed by atoms with Crippen molar-refractivity contribution in [3.8, 4) is 22.6 Å². The third kappa shape index (κ3) is 2.00. The van der Waals surface area contributed by atoms with Crippen LogP contribution in [0.2, 0.25) is 0 Å². The Hall–Kier alpha value is -3.15. The SMILES string of the molecule is Cn1nc(-c2ccccc2F)c(-c2nc3ccccc3n2C)c1N. The van der Waals surface area contributed by atoms with Gasteiger partial charge in [0.25, 0.3) is 0 Å². The van der Waals surface area contributed by atoms with Crippen molar-refractivity contribution in [3.63, 3.8) is 0 Å². The summed E-state index contributed by atoms with van der Waals surface area (Å²) >= 11 is 0. The van der Waals surface area contributed by atoms with Crippen molar-refractivity contribution in [2.24, 2.45) is 14.1 Å². The second-order valence-electron chi connectivity index (χ2n) is 5.70. The van der Waals surface area contributed by atoms with Crippen molar-refractivity contribution in [2.75, 3.05) is 5.73 Å². The lowest BCUT2D eigenvalue weighted by atomic mass is 10.1. The van der Waals surface area contributed by atoms with E-state index in [2.05, 4.69) is 10.1 Å². The zero-order chi connectivity index (χ0) is 16.8. The molecular formula is C18H16FN5. The number of nitrogen functional groups attached to an aromatic ring is 1. The first kappa shape index (κ1) is 14.4. The number of para-hydroxylation sites is 2. The molecule has 120 valence electrons. The van der Waals surface area contributed by atoms with Crippen LogP contribution >= 0.6 is 0 Å². The number of rotatable bonds is 2. The molecule has 6 heteroatoms. The van der Waals surface area contributed by atoms with E-state index < -0.39 is 0 Å². The van der Waals surface area contributed by atoms with Gasteiger partial charge >= 0.3 is 0 Å². The smallest absolute Gasteiger partial charge is 0.146 e. The highest BCUT2D eigenvalue weighted by molar-refractivity contribution is 5.90. The van der Waals surface area contributed by atoms with E-state index in [1.165, 1.54) is 6.07 Å². The number of anilines is 1. The molecule has 0 unspecified atom stereocenters. The number of imidazole rings is 1. The van der Waals surface area contributed by atoms with Gasteiger partial charge in [0, 0.05) is 19.7 Å². The summed E-state index contributed by atoms with van der Waals surface area (Å²) in [5.41, 5.74) is 9.62. The Morgan fingerprint density at radius 1 is 1.00 bits per heavy atom. The molecule has 0 aliphatic carbocycles. The molecule has 2 N–H and O–H groups in total. The van der Waals surface area contributed by atoms with Gasteiger partial charge in [-0.25, -0.2) is 9.37 Å². The highest BCUT2D eigenvalue weighted by atomic mass is 19.1. The third-order valence-corrected chi connectivity index (χ3v) is 4.23. The maximum atomic E-state index is 14.3. The number of aromatic nitrogens is 4. The molecule has 24 heavy (non-hydrogen) atoms. The van der Waals surface area contributed by atoms with Crippen LogP contribution in [-0.4, -0.2) is 19.3 Å². The summed E-state index contributed by atoms with van der Waals surface area (Å²) in [4.78, 5) is 4.68. The zero-order valence-corrected chi connectivity index (χ0v) is 13.4. The first-order chi connectivity index (χ1) is 11.6. The van der Waals surface area contributed by atoms with E-state index in [1.54, 1.807) is 29.9 Å². The molecule has 0 fully saturated rings. The molecule has 2 aromatic carbocycles. The molecule has 2 aromatic heterocycles. The molecule has 2 heterocycles. The Balaban J connectivity index is 2.05. The molecule has 4 aromatic rings. The minimum Gasteiger partial charge on any atom is -0.383 e. The summed E-state index contributed by atoms with van der Waals surface area (Å²) in [7, 11) is 3.66. The highest BCUT2D eigenvalue weighted by Crippen LogP contribution is 2.37. The van der Waals surface area contributed by atoms with Gasteiger partial charge in [-0.05, 0) is 24.3 Å². The third-order valence-electron chi connectivity index (χ3n) is 4.23. The average molecular weight is 321 g/mol. The summed E-state index contributed by atoms with van der Waals surface area (Å²) in [6.45, 7) is 0. The van der Waals surface area contributed by atoms with Crippen LogP contribution in [-0.2, 0) is 14.1 Å². The van der Waals surface area contributed by atoms with Crippen molar-refractivity contribution in [1.82, 2.24) is 19.3 Å². The summed E-state index contributed by atoms with van der Waals surface area (Å²) in [6, 6.07) is 14.4. The molecule has 0 radical (unpaired) electrons. The number of nitrogens with two attached hydrogens (primary N) is 1. The summed E-state index contributed by atoms with van der Waals surface area (Å²) in [5.74, 6) is 0.780. The van der Waals surface area contributed by atoms with Crippen molar-refractivity contribution >= 4 is 16.9 Å². The van der Waals surface area contributed by atoms with Crippen molar-refractivity contribution in [3.05, 3.63) is 54.3 Å². The molecule has 0 saturated carbocycles. The van der Waals surface area contributed by atoms with Crippen LogP contribution in [0.5, 0.6) is 0 Å². The Kier molecular flexibility index (Phi) is 3.13. The Morgan fingerprint density at radius 3 is 2.46 bits per heavy atom. The zero-order valence-electron chi connectivity index (χ0n) is 13.4. The molecule has 0 aliphatic rings. The summed E-state index contributed by atoms with van der Waals surface area (Å²) < 4.78 is 17.8. The van der Waals surface area contributed by atoms with E-state index >= 15 is 0 Å². The van der Waals surface area contributed by atoms with Gasteiger partial charge in [-0.1, -0.05) is 24.3 Å². The lowest BCUT2D eigenvalue weighted by molar-refractivity contribution is 0.630. The minimum absolute atomic E-state index is 0.337. The fraction of sp³-hybridized carbons (Fsp3) is 0.111. The molecule has 5 nitrogen and oxygen atoms in total. The maximum Gasteiger partial charge on any atom is 0.146 e. The van der Waals surface area contributed by atoms with Gasteiger partial charge in [0.05, 0.1) is 16.6 Å². The fourth-order valence-electron chi connectivity index (χ4n) is 2.97. The first-order valence-corrected chi connectivity index (χ1v) is 7.57. The van der Waals surface area contributed by atoms with E-state index in [4.69, 9.17) is 5.73 Å². The molecule has 0 amide bonds. The molecule has 0 spiro atoms. The topological polar surface area (TPSA) is 61.7 Å². The number of hydrogen-bond donors (Lipinski definition) is 1. The Bertz CT molecular complexity index is 1060. The van der Waals surface area contributed by atoms with Crippen LogP contribution in [0, 0.1) is 5.82 Å². The van der Waals surface area contributed by atoms with E-state index in [9.17, 15) is 4.39 Å². The van der Waals surface area contributed by atoms with Crippen molar-refractivity contribution < 1.29 is 4.39 Å². The van der Waals surface area contributed by atoms with Gasteiger partial charge in [-0.3, -0.25) is 4.68 Å². The fourth-order valence-corrected chi connectivity index (χ4v) is 2.97. The molecule has 0 aliphatic heterocycles.